The summed E-state index contributed by atoms with van der Waals surface area (Å²) < 4.78 is 0. The number of rotatable bonds is 4. The van der Waals surface area contributed by atoms with Crippen LogP contribution in [0.2, 0.25) is 0 Å². The SMILES string of the molecule is Cc1ccc(N2CC(CNc3nc4ccccc4nc3C)C2)nn1. The summed E-state index contributed by atoms with van der Waals surface area (Å²) >= 11 is 0. The first-order valence-electron chi connectivity index (χ1n) is 8.21. The number of para-hydroxylation sites is 2. The van der Waals surface area contributed by atoms with Crippen LogP contribution in [0.1, 0.15) is 11.4 Å². The van der Waals surface area contributed by atoms with E-state index in [9.17, 15) is 0 Å². The molecule has 2 aromatic heterocycles. The molecule has 0 bridgehead atoms. The Balaban J connectivity index is 1.37. The fourth-order valence-corrected chi connectivity index (χ4v) is 2.94. The van der Waals surface area contributed by atoms with Gasteiger partial charge in [0.05, 0.1) is 22.4 Å². The van der Waals surface area contributed by atoms with Gasteiger partial charge >= 0.3 is 0 Å². The Labute approximate surface area is 141 Å². The van der Waals surface area contributed by atoms with E-state index in [0.29, 0.717) is 5.92 Å². The zero-order chi connectivity index (χ0) is 16.5. The Bertz CT molecular complexity index is 855. The lowest BCUT2D eigenvalue weighted by atomic mass is 10.0. The van der Waals surface area contributed by atoms with Crippen LogP contribution in [-0.4, -0.2) is 39.8 Å². The van der Waals surface area contributed by atoms with E-state index in [2.05, 4.69) is 30.4 Å². The molecule has 1 saturated heterocycles. The van der Waals surface area contributed by atoms with Crippen LogP contribution in [0, 0.1) is 19.8 Å². The third-order valence-electron chi connectivity index (χ3n) is 4.37. The van der Waals surface area contributed by atoms with Gasteiger partial charge in [0.25, 0.3) is 0 Å². The molecule has 1 aliphatic rings. The lowest BCUT2D eigenvalue weighted by molar-refractivity contribution is 0.425. The van der Waals surface area contributed by atoms with E-state index >= 15 is 0 Å². The summed E-state index contributed by atoms with van der Waals surface area (Å²) in [6.45, 7) is 6.82. The van der Waals surface area contributed by atoms with Crippen molar-refractivity contribution in [3.8, 4) is 0 Å². The molecule has 4 rings (SSSR count). The largest absolute Gasteiger partial charge is 0.368 e. The smallest absolute Gasteiger partial charge is 0.151 e. The molecule has 1 fully saturated rings. The molecule has 1 N–H and O–H groups in total. The molecule has 6 heteroatoms. The molecule has 24 heavy (non-hydrogen) atoms. The van der Waals surface area contributed by atoms with Crippen molar-refractivity contribution in [2.24, 2.45) is 5.92 Å². The van der Waals surface area contributed by atoms with Crippen molar-refractivity contribution in [1.29, 1.82) is 0 Å². The Morgan fingerprint density at radius 3 is 2.46 bits per heavy atom. The maximum atomic E-state index is 4.68. The standard InChI is InChI=1S/C18H20N6/c1-12-7-8-17(23-22-12)24-10-14(11-24)9-19-18-13(2)20-15-5-3-4-6-16(15)21-18/h3-8,14H,9-11H2,1-2H3,(H,19,21). The number of fused-ring (bicyclic) bond motifs is 1. The van der Waals surface area contributed by atoms with Crippen molar-refractivity contribution in [1.82, 2.24) is 20.2 Å². The molecular weight excluding hydrogens is 300 g/mol. The summed E-state index contributed by atoms with van der Waals surface area (Å²) in [5.74, 6) is 2.42. The highest BCUT2D eigenvalue weighted by molar-refractivity contribution is 5.76. The fraction of sp³-hybridized carbons (Fsp3) is 0.333. The summed E-state index contributed by atoms with van der Waals surface area (Å²) in [7, 11) is 0. The van der Waals surface area contributed by atoms with Gasteiger partial charge in [0.1, 0.15) is 5.82 Å². The van der Waals surface area contributed by atoms with Crippen LogP contribution < -0.4 is 10.2 Å². The Kier molecular flexibility index (Phi) is 3.72. The summed E-state index contributed by atoms with van der Waals surface area (Å²) in [6, 6.07) is 12.0. The van der Waals surface area contributed by atoms with Gasteiger partial charge in [-0.25, -0.2) is 9.97 Å². The number of aromatic nitrogens is 4. The van der Waals surface area contributed by atoms with Crippen LogP contribution >= 0.6 is 0 Å². The minimum Gasteiger partial charge on any atom is -0.368 e. The zero-order valence-electron chi connectivity index (χ0n) is 13.9. The minimum absolute atomic E-state index is 0.584. The van der Waals surface area contributed by atoms with Gasteiger partial charge in [-0.2, -0.15) is 5.10 Å². The average molecular weight is 320 g/mol. The molecule has 1 aromatic carbocycles. The van der Waals surface area contributed by atoms with Gasteiger partial charge in [0.15, 0.2) is 5.82 Å². The predicted octanol–water partition coefficient (Wildman–Crippen LogP) is 2.58. The highest BCUT2D eigenvalue weighted by atomic mass is 15.3. The van der Waals surface area contributed by atoms with Crippen LogP contribution in [0.25, 0.3) is 11.0 Å². The normalized spacial score (nSPS) is 14.7. The average Bonchev–Trinajstić information content (AvgIpc) is 2.55. The van der Waals surface area contributed by atoms with E-state index in [4.69, 9.17) is 0 Å². The van der Waals surface area contributed by atoms with Crippen molar-refractivity contribution in [3.05, 3.63) is 47.8 Å². The van der Waals surface area contributed by atoms with Gasteiger partial charge in [-0.15, -0.1) is 5.10 Å². The van der Waals surface area contributed by atoms with Gasteiger partial charge in [-0.05, 0) is 38.1 Å². The summed E-state index contributed by atoms with van der Waals surface area (Å²) in [6.07, 6.45) is 0. The quantitative estimate of drug-likeness (QED) is 0.797. The molecule has 3 aromatic rings. The number of nitrogens with zero attached hydrogens (tertiary/aromatic N) is 5. The van der Waals surface area contributed by atoms with Crippen molar-refractivity contribution in [2.45, 2.75) is 13.8 Å². The molecular formula is C18H20N6. The van der Waals surface area contributed by atoms with E-state index in [1.54, 1.807) is 0 Å². The van der Waals surface area contributed by atoms with Gasteiger partial charge < -0.3 is 10.2 Å². The van der Waals surface area contributed by atoms with Gasteiger partial charge in [0.2, 0.25) is 0 Å². The lowest BCUT2D eigenvalue weighted by Gasteiger charge is -2.40. The van der Waals surface area contributed by atoms with Gasteiger partial charge in [-0.3, -0.25) is 0 Å². The van der Waals surface area contributed by atoms with E-state index in [1.165, 1.54) is 0 Å². The van der Waals surface area contributed by atoms with Crippen molar-refractivity contribution >= 4 is 22.7 Å². The first kappa shape index (κ1) is 14.8. The summed E-state index contributed by atoms with van der Waals surface area (Å²) in [5, 5.41) is 11.8. The molecule has 0 amide bonds. The van der Waals surface area contributed by atoms with Crippen LogP contribution in [0.4, 0.5) is 11.6 Å². The summed E-state index contributed by atoms with van der Waals surface area (Å²) in [5.41, 5.74) is 3.75. The van der Waals surface area contributed by atoms with Gasteiger partial charge in [-0.1, -0.05) is 12.1 Å². The van der Waals surface area contributed by atoms with E-state index in [0.717, 1.165) is 53.7 Å². The number of anilines is 2. The number of hydrogen-bond donors (Lipinski definition) is 1. The van der Waals surface area contributed by atoms with Crippen molar-refractivity contribution < 1.29 is 0 Å². The maximum Gasteiger partial charge on any atom is 0.151 e. The summed E-state index contributed by atoms with van der Waals surface area (Å²) in [4.78, 5) is 11.5. The first-order valence-corrected chi connectivity index (χ1v) is 8.21. The second-order valence-electron chi connectivity index (χ2n) is 6.33. The van der Waals surface area contributed by atoms with Crippen LogP contribution in [-0.2, 0) is 0 Å². The molecule has 0 radical (unpaired) electrons. The molecule has 0 spiro atoms. The predicted molar refractivity (Wildman–Crippen MR) is 95.2 cm³/mol. The Hall–Kier alpha value is -2.76. The highest BCUT2D eigenvalue weighted by Crippen LogP contribution is 2.23. The Morgan fingerprint density at radius 2 is 1.75 bits per heavy atom. The number of hydrogen-bond acceptors (Lipinski definition) is 6. The topological polar surface area (TPSA) is 66.8 Å². The molecule has 6 nitrogen and oxygen atoms in total. The number of benzene rings is 1. The van der Waals surface area contributed by atoms with Crippen molar-refractivity contribution in [2.75, 3.05) is 29.9 Å². The molecule has 0 saturated carbocycles. The van der Waals surface area contributed by atoms with Gasteiger partial charge in [0, 0.05) is 25.6 Å². The Morgan fingerprint density at radius 1 is 1.00 bits per heavy atom. The monoisotopic (exact) mass is 320 g/mol. The second-order valence-corrected chi connectivity index (χ2v) is 6.33. The highest BCUT2D eigenvalue weighted by Gasteiger charge is 2.27. The molecule has 0 unspecified atom stereocenters. The lowest BCUT2D eigenvalue weighted by Crippen LogP contribution is -2.50. The van der Waals surface area contributed by atoms with E-state index < -0.39 is 0 Å². The van der Waals surface area contributed by atoms with Crippen LogP contribution in [0.5, 0.6) is 0 Å². The maximum absolute atomic E-state index is 4.68. The molecule has 0 atom stereocenters. The first-order chi connectivity index (χ1) is 11.7. The zero-order valence-corrected chi connectivity index (χ0v) is 13.9. The minimum atomic E-state index is 0.584. The molecule has 1 aliphatic heterocycles. The molecule has 122 valence electrons. The van der Waals surface area contributed by atoms with E-state index in [-0.39, 0.29) is 0 Å². The van der Waals surface area contributed by atoms with Crippen LogP contribution in [0.3, 0.4) is 0 Å². The molecule has 0 aliphatic carbocycles. The number of aryl methyl sites for hydroxylation is 2. The third-order valence-corrected chi connectivity index (χ3v) is 4.37. The van der Waals surface area contributed by atoms with Crippen LogP contribution in [0.15, 0.2) is 36.4 Å². The fourth-order valence-electron chi connectivity index (χ4n) is 2.94. The number of nitrogens with one attached hydrogen (secondary N) is 1. The van der Waals surface area contributed by atoms with E-state index in [1.807, 2.05) is 50.2 Å². The second kappa shape index (κ2) is 6.03. The third kappa shape index (κ3) is 2.87. The molecule has 3 heterocycles. The van der Waals surface area contributed by atoms with Crippen molar-refractivity contribution in [3.63, 3.8) is 0 Å².